The fourth-order valence-corrected chi connectivity index (χ4v) is 3.66. The predicted octanol–water partition coefficient (Wildman–Crippen LogP) is 4.77. The molecule has 0 aliphatic carbocycles. The summed E-state index contributed by atoms with van der Waals surface area (Å²) in [7, 11) is 0. The van der Waals surface area contributed by atoms with Gasteiger partial charge in [-0.3, -0.25) is 0 Å². The molecule has 0 aliphatic rings. The number of rotatable bonds is 4. The molecule has 6 N–H and O–H groups in total. The average Bonchev–Trinajstić information content (AvgIpc) is 2.80. The number of phenolic OH excluding ortho intramolecular Hbond substituents is 6. The van der Waals surface area contributed by atoms with E-state index in [0.29, 0.717) is 5.56 Å². The van der Waals surface area contributed by atoms with Crippen molar-refractivity contribution in [3.05, 3.63) is 95.6 Å². The molecule has 31 heavy (non-hydrogen) atoms. The van der Waals surface area contributed by atoms with E-state index in [1.165, 1.54) is 24.3 Å². The Bertz CT molecular complexity index is 1180. The van der Waals surface area contributed by atoms with Gasteiger partial charge in [0.05, 0.1) is 0 Å². The molecule has 4 rings (SSSR count). The molecule has 0 aromatic heterocycles. The minimum Gasteiger partial charge on any atom is -0.504 e. The first kappa shape index (κ1) is 20.0. The Morgan fingerprint density at radius 1 is 0.419 bits per heavy atom. The Balaban J connectivity index is 1.90. The van der Waals surface area contributed by atoms with Gasteiger partial charge in [0, 0.05) is 17.0 Å². The van der Waals surface area contributed by atoms with E-state index in [9.17, 15) is 30.6 Å². The molecule has 6 nitrogen and oxygen atoms in total. The summed E-state index contributed by atoms with van der Waals surface area (Å²) in [5.41, 5.74) is 3.01. The van der Waals surface area contributed by atoms with Gasteiger partial charge in [-0.2, -0.15) is 0 Å². The van der Waals surface area contributed by atoms with Crippen LogP contribution < -0.4 is 0 Å². The standard InChI is InChI=1S/C25H20O6/c26-19-12-10-17(22(28)24(19)30)21(18-11-13-20(27)25(31)23(18)29)16-8-6-15(7-9-16)14-4-2-1-3-5-14/h1-13,21,26-31H. The van der Waals surface area contributed by atoms with Crippen molar-refractivity contribution in [3.8, 4) is 45.6 Å². The maximum absolute atomic E-state index is 10.5. The van der Waals surface area contributed by atoms with Gasteiger partial charge < -0.3 is 30.6 Å². The first-order valence-electron chi connectivity index (χ1n) is 9.51. The Kier molecular flexibility index (Phi) is 5.05. The Hall–Kier alpha value is -4.32. The van der Waals surface area contributed by atoms with Gasteiger partial charge in [-0.25, -0.2) is 0 Å². The highest BCUT2D eigenvalue weighted by molar-refractivity contribution is 5.66. The quantitative estimate of drug-likeness (QED) is 0.211. The van der Waals surface area contributed by atoms with Gasteiger partial charge in [-0.15, -0.1) is 0 Å². The normalized spacial score (nSPS) is 11.0. The van der Waals surface area contributed by atoms with E-state index in [0.717, 1.165) is 11.1 Å². The van der Waals surface area contributed by atoms with Gasteiger partial charge in [0.25, 0.3) is 0 Å². The van der Waals surface area contributed by atoms with Crippen LogP contribution in [0, 0.1) is 0 Å². The second-order valence-electron chi connectivity index (χ2n) is 7.16. The molecule has 0 fully saturated rings. The van der Waals surface area contributed by atoms with Gasteiger partial charge in [-0.1, -0.05) is 66.7 Å². The van der Waals surface area contributed by atoms with Crippen LogP contribution in [0.25, 0.3) is 11.1 Å². The summed E-state index contributed by atoms with van der Waals surface area (Å²) < 4.78 is 0. The largest absolute Gasteiger partial charge is 0.504 e. The van der Waals surface area contributed by atoms with E-state index < -0.39 is 40.4 Å². The van der Waals surface area contributed by atoms with Crippen molar-refractivity contribution in [2.45, 2.75) is 5.92 Å². The second kappa shape index (κ2) is 7.84. The fraction of sp³-hybridized carbons (Fsp3) is 0.0400. The predicted molar refractivity (Wildman–Crippen MR) is 116 cm³/mol. The molecule has 4 aromatic carbocycles. The Labute approximate surface area is 178 Å². The zero-order chi connectivity index (χ0) is 22.1. The van der Waals surface area contributed by atoms with Crippen molar-refractivity contribution in [1.82, 2.24) is 0 Å². The maximum Gasteiger partial charge on any atom is 0.200 e. The topological polar surface area (TPSA) is 121 Å². The van der Waals surface area contributed by atoms with E-state index in [1.807, 2.05) is 42.5 Å². The van der Waals surface area contributed by atoms with Crippen molar-refractivity contribution in [3.63, 3.8) is 0 Å². The molecule has 0 spiro atoms. The smallest absolute Gasteiger partial charge is 0.200 e. The highest BCUT2D eigenvalue weighted by atomic mass is 16.3. The lowest BCUT2D eigenvalue weighted by molar-refractivity contribution is 0.360. The molecule has 156 valence electrons. The number of hydrogen-bond donors (Lipinski definition) is 6. The van der Waals surface area contributed by atoms with Crippen molar-refractivity contribution in [2.24, 2.45) is 0 Å². The molecule has 0 heterocycles. The van der Waals surface area contributed by atoms with Crippen LogP contribution in [0.5, 0.6) is 34.5 Å². The third-order valence-corrected chi connectivity index (χ3v) is 5.30. The highest BCUT2D eigenvalue weighted by Crippen LogP contribution is 2.49. The zero-order valence-corrected chi connectivity index (χ0v) is 16.3. The SMILES string of the molecule is Oc1ccc(C(c2ccc(-c3ccccc3)cc2)c2ccc(O)c(O)c2O)c(O)c1O. The molecule has 0 aliphatic heterocycles. The van der Waals surface area contributed by atoms with Gasteiger partial charge in [0.1, 0.15) is 0 Å². The van der Waals surface area contributed by atoms with E-state index in [4.69, 9.17) is 0 Å². The first-order valence-corrected chi connectivity index (χ1v) is 9.51. The van der Waals surface area contributed by atoms with Gasteiger partial charge in [0.15, 0.2) is 23.0 Å². The van der Waals surface area contributed by atoms with Crippen LogP contribution in [0.3, 0.4) is 0 Å². The molecular weight excluding hydrogens is 396 g/mol. The lowest BCUT2D eigenvalue weighted by Crippen LogP contribution is -2.04. The summed E-state index contributed by atoms with van der Waals surface area (Å²) in [5.74, 6) is -4.28. The molecular formula is C25H20O6. The number of benzene rings is 4. The van der Waals surface area contributed by atoms with Crippen LogP contribution in [-0.2, 0) is 0 Å². The molecule has 0 radical (unpaired) electrons. The molecule has 0 bridgehead atoms. The number of phenols is 6. The van der Waals surface area contributed by atoms with Crippen LogP contribution in [0.2, 0.25) is 0 Å². The number of hydrogen-bond acceptors (Lipinski definition) is 6. The van der Waals surface area contributed by atoms with Crippen LogP contribution in [-0.4, -0.2) is 30.6 Å². The fourth-order valence-electron chi connectivity index (χ4n) is 3.66. The van der Waals surface area contributed by atoms with Gasteiger partial charge >= 0.3 is 0 Å². The molecule has 0 atom stereocenters. The molecule has 6 heteroatoms. The molecule has 4 aromatic rings. The molecule has 0 saturated heterocycles. The third-order valence-electron chi connectivity index (χ3n) is 5.30. The first-order chi connectivity index (χ1) is 14.9. The highest BCUT2D eigenvalue weighted by Gasteiger charge is 2.27. The monoisotopic (exact) mass is 416 g/mol. The second-order valence-corrected chi connectivity index (χ2v) is 7.16. The van der Waals surface area contributed by atoms with E-state index in [-0.39, 0.29) is 11.1 Å². The minimum absolute atomic E-state index is 0.197. The van der Waals surface area contributed by atoms with E-state index in [1.54, 1.807) is 12.1 Å². The summed E-state index contributed by atoms with van der Waals surface area (Å²) in [6.07, 6.45) is 0. The zero-order valence-electron chi connectivity index (χ0n) is 16.3. The van der Waals surface area contributed by atoms with E-state index in [2.05, 4.69) is 0 Å². The minimum atomic E-state index is -0.817. The maximum atomic E-state index is 10.5. The number of aromatic hydroxyl groups is 6. The summed E-state index contributed by atoms with van der Waals surface area (Å²) in [5, 5.41) is 60.5. The average molecular weight is 416 g/mol. The summed E-state index contributed by atoms with van der Waals surface area (Å²) in [6, 6.07) is 22.4. The van der Waals surface area contributed by atoms with Gasteiger partial charge in [0.2, 0.25) is 11.5 Å². The van der Waals surface area contributed by atoms with Crippen molar-refractivity contribution in [2.75, 3.05) is 0 Å². The summed E-state index contributed by atoms with van der Waals surface area (Å²) in [4.78, 5) is 0. The van der Waals surface area contributed by atoms with Gasteiger partial charge in [-0.05, 0) is 28.8 Å². The Morgan fingerprint density at radius 3 is 1.35 bits per heavy atom. The molecule has 0 unspecified atom stereocenters. The third kappa shape index (κ3) is 3.55. The van der Waals surface area contributed by atoms with Crippen LogP contribution >= 0.6 is 0 Å². The lowest BCUT2D eigenvalue weighted by Gasteiger charge is -2.22. The molecule has 0 saturated carbocycles. The van der Waals surface area contributed by atoms with Crippen LogP contribution in [0.4, 0.5) is 0 Å². The van der Waals surface area contributed by atoms with Crippen LogP contribution in [0.1, 0.15) is 22.6 Å². The summed E-state index contributed by atoms with van der Waals surface area (Å²) >= 11 is 0. The molecule has 0 amide bonds. The van der Waals surface area contributed by atoms with E-state index >= 15 is 0 Å². The Morgan fingerprint density at radius 2 is 0.871 bits per heavy atom. The van der Waals surface area contributed by atoms with Crippen LogP contribution in [0.15, 0.2) is 78.9 Å². The summed E-state index contributed by atoms with van der Waals surface area (Å²) in [6.45, 7) is 0. The van der Waals surface area contributed by atoms with Crippen molar-refractivity contribution in [1.29, 1.82) is 0 Å². The van der Waals surface area contributed by atoms with Crippen molar-refractivity contribution >= 4 is 0 Å². The lowest BCUT2D eigenvalue weighted by atomic mass is 9.83. The van der Waals surface area contributed by atoms with Crippen molar-refractivity contribution < 1.29 is 30.6 Å².